The molecule has 2 aliphatic rings. The minimum atomic E-state index is -0.357. The third-order valence-corrected chi connectivity index (χ3v) is 5.31. The molecular weight excluding hydrogens is 306 g/mol. The highest BCUT2D eigenvalue weighted by atomic mass is 16.5. The van der Waals surface area contributed by atoms with Crippen molar-refractivity contribution in [2.24, 2.45) is 0 Å². The fraction of sp³-hybridized carbons (Fsp3) is 0.611. The van der Waals surface area contributed by atoms with Crippen LogP contribution >= 0.6 is 0 Å². The van der Waals surface area contributed by atoms with Gasteiger partial charge in [-0.1, -0.05) is 0 Å². The second-order valence-electron chi connectivity index (χ2n) is 6.66. The van der Waals surface area contributed by atoms with Crippen molar-refractivity contribution in [3.05, 3.63) is 32.7 Å². The van der Waals surface area contributed by atoms with Crippen LogP contribution in [0.15, 0.2) is 4.79 Å². The predicted octanol–water partition coefficient (Wildman–Crippen LogP) is 1.58. The quantitative estimate of drug-likeness (QED) is 0.912. The zero-order valence-electron chi connectivity index (χ0n) is 14.2. The van der Waals surface area contributed by atoms with Crippen LogP contribution in [-0.2, 0) is 16.0 Å². The van der Waals surface area contributed by atoms with Gasteiger partial charge >= 0.3 is 0 Å². The first-order valence-electron chi connectivity index (χ1n) is 8.56. The number of rotatable bonds is 3. The summed E-state index contributed by atoms with van der Waals surface area (Å²) in [5, 5.41) is 9.14. The summed E-state index contributed by atoms with van der Waals surface area (Å²) in [6.45, 7) is 4.87. The Kier molecular flexibility index (Phi) is 4.72. The molecule has 2 heterocycles. The number of nitrogens with one attached hydrogen (secondary N) is 1. The molecule has 1 aromatic heterocycles. The highest BCUT2D eigenvalue weighted by molar-refractivity contribution is 5.77. The lowest BCUT2D eigenvalue weighted by molar-refractivity contribution is -0.143. The van der Waals surface area contributed by atoms with Crippen molar-refractivity contribution in [2.75, 3.05) is 13.2 Å². The van der Waals surface area contributed by atoms with Crippen LogP contribution in [0.25, 0.3) is 0 Å². The van der Waals surface area contributed by atoms with Crippen LogP contribution in [-0.4, -0.2) is 41.1 Å². The van der Waals surface area contributed by atoms with E-state index in [1.165, 1.54) is 0 Å². The van der Waals surface area contributed by atoms with Gasteiger partial charge in [-0.3, -0.25) is 9.59 Å². The van der Waals surface area contributed by atoms with Gasteiger partial charge in [0.2, 0.25) is 5.91 Å². The smallest absolute Gasteiger partial charge is 0.266 e. The summed E-state index contributed by atoms with van der Waals surface area (Å²) in [6.07, 6.45) is 4.30. The molecule has 6 nitrogen and oxygen atoms in total. The molecule has 128 valence electrons. The maximum absolute atomic E-state index is 12.7. The van der Waals surface area contributed by atoms with E-state index >= 15 is 0 Å². The van der Waals surface area contributed by atoms with Gasteiger partial charge in [-0.2, -0.15) is 5.26 Å². The molecule has 2 fully saturated rings. The van der Waals surface area contributed by atoms with Gasteiger partial charge in [0.25, 0.3) is 5.56 Å². The minimum Gasteiger partial charge on any atom is -0.374 e. The molecule has 6 heteroatoms. The molecule has 0 radical (unpaired) electrons. The molecule has 1 aliphatic heterocycles. The lowest BCUT2D eigenvalue weighted by Gasteiger charge is -2.37. The van der Waals surface area contributed by atoms with Gasteiger partial charge in [-0.25, -0.2) is 0 Å². The Morgan fingerprint density at radius 3 is 2.96 bits per heavy atom. The number of carbonyl (C=O) groups is 1. The van der Waals surface area contributed by atoms with Gasteiger partial charge in [-0.15, -0.1) is 0 Å². The van der Waals surface area contributed by atoms with E-state index in [4.69, 9.17) is 10.00 Å². The van der Waals surface area contributed by atoms with Crippen molar-refractivity contribution < 1.29 is 9.53 Å². The van der Waals surface area contributed by atoms with Crippen molar-refractivity contribution in [3.63, 3.8) is 0 Å². The van der Waals surface area contributed by atoms with E-state index in [9.17, 15) is 9.59 Å². The van der Waals surface area contributed by atoms with E-state index in [0.717, 1.165) is 30.5 Å². The number of fused-ring (bicyclic) bond motifs is 1. The molecule has 0 unspecified atom stereocenters. The monoisotopic (exact) mass is 329 g/mol. The van der Waals surface area contributed by atoms with Crippen LogP contribution < -0.4 is 5.56 Å². The number of ether oxygens (including phenoxy) is 1. The lowest BCUT2D eigenvalue weighted by Crippen LogP contribution is -2.51. The topological polar surface area (TPSA) is 86.2 Å². The molecule has 0 spiro atoms. The first kappa shape index (κ1) is 16.7. The number of morpholine rings is 1. The molecule has 2 atom stereocenters. The number of aryl methyl sites for hydroxylation is 1. The second-order valence-corrected chi connectivity index (χ2v) is 6.66. The number of pyridine rings is 1. The molecule has 3 rings (SSSR count). The van der Waals surface area contributed by atoms with Crippen molar-refractivity contribution in [1.29, 1.82) is 5.26 Å². The Bertz CT molecular complexity index is 747. The van der Waals surface area contributed by atoms with Crippen LogP contribution in [0.4, 0.5) is 0 Å². The van der Waals surface area contributed by atoms with E-state index in [2.05, 4.69) is 4.98 Å². The molecule has 0 aromatic carbocycles. The Labute approximate surface area is 141 Å². The van der Waals surface area contributed by atoms with Crippen LogP contribution in [0, 0.1) is 25.2 Å². The summed E-state index contributed by atoms with van der Waals surface area (Å²) in [5.74, 6) is 0.138. The minimum absolute atomic E-state index is 0.138. The van der Waals surface area contributed by atoms with Crippen molar-refractivity contribution in [1.82, 2.24) is 9.88 Å². The zero-order chi connectivity index (χ0) is 17.3. The van der Waals surface area contributed by atoms with Gasteiger partial charge < -0.3 is 14.6 Å². The summed E-state index contributed by atoms with van der Waals surface area (Å²) >= 11 is 0. The molecule has 0 bridgehead atoms. The summed E-state index contributed by atoms with van der Waals surface area (Å²) in [5.41, 5.74) is 2.11. The van der Waals surface area contributed by atoms with Gasteiger partial charge in [0.15, 0.2) is 0 Å². The Morgan fingerprint density at radius 2 is 2.21 bits per heavy atom. The van der Waals surface area contributed by atoms with Crippen LogP contribution in [0.5, 0.6) is 0 Å². The van der Waals surface area contributed by atoms with Gasteiger partial charge in [0.1, 0.15) is 11.6 Å². The number of nitriles is 1. The van der Waals surface area contributed by atoms with Crippen LogP contribution in [0.1, 0.15) is 48.1 Å². The number of aromatic nitrogens is 1. The number of amides is 1. The Hall–Kier alpha value is -2.13. The number of H-pyrrole nitrogens is 1. The van der Waals surface area contributed by atoms with E-state index in [-0.39, 0.29) is 29.2 Å². The molecule has 24 heavy (non-hydrogen) atoms. The number of nitrogens with zero attached hydrogens (tertiary/aromatic N) is 2. The fourth-order valence-corrected chi connectivity index (χ4v) is 4.03. The van der Waals surface area contributed by atoms with E-state index < -0.39 is 0 Å². The molecule has 1 saturated heterocycles. The third kappa shape index (κ3) is 2.96. The number of carbonyl (C=O) groups excluding carboxylic acids is 1. The lowest BCUT2D eigenvalue weighted by atomic mass is 9.98. The molecule has 1 aliphatic carbocycles. The highest BCUT2D eigenvalue weighted by Gasteiger charge is 2.38. The SMILES string of the molecule is Cc1[nH]c(=O)c(C#N)c(C)c1CCC(=O)N1CCO[C@@H]2CCC[C@H]21. The number of aromatic amines is 1. The maximum atomic E-state index is 12.7. The van der Waals surface area contributed by atoms with Crippen LogP contribution in [0.2, 0.25) is 0 Å². The number of hydrogen-bond donors (Lipinski definition) is 1. The zero-order valence-corrected chi connectivity index (χ0v) is 14.2. The summed E-state index contributed by atoms with van der Waals surface area (Å²) in [6, 6.07) is 2.18. The Balaban J connectivity index is 1.73. The third-order valence-electron chi connectivity index (χ3n) is 5.31. The molecule has 1 aromatic rings. The first-order chi connectivity index (χ1) is 11.5. The molecule has 1 N–H and O–H groups in total. The normalized spacial score (nSPS) is 23.0. The van der Waals surface area contributed by atoms with E-state index in [1.807, 2.05) is 17.9 Å². The van der Waals surface area contributed by atoms with E-state index in [1.54, 1.807) is 6.92 Å². The number of hydrogen-bond acceptors (Lipinski definition) is 4. The van der Waals surface area contributed by atoms with Crippen molar-refractivity contribution in [3.8, 4) is 6.07 Å². The average Bonchev–Trinajstić information content (AvgIpc) is 3.03. The summed E-state index contributed by atoms with van der Waals surface area (Å²) in [4.78, 5) is 29.2. The second kappa shape index (κ2) is 6.78. The first-order valence-corrected chi connectivity index (χ1v) is 8.56. The van der Waals surface area contributed by atoms with E-state index in [0.29, 0.717) is 31.6 Å². The van der Waals surface area contributed by atoms with Gasteiger partial charge in [-0.05, 0) is 50.7 Å². The fourth-order valence-electron chi connectivity index (χ4n) is 4.03. The average molecular weight is 329 g/mol. The highest BCUT2D eigenvalue weighted by Crippen LogP contribution is 2.30. The largest absolute Gasteiger partial charge is 0.374 e. The predicted molar refractivity (Wildman–Crippen MR) is 88.7 cm³/mol. The standard InChI is InChI=1S/C18H23N3O3/c1-11-13(12(2)20-18(23)14(11)10-19)6-7-17(22)21-8-9-24-16-5-3-4-15(16)21/h15-16H,3-9H2,1-2H3,(H,20,23)/t15-,16-/m1/s1. The maximum Gasteiger partial charge on any atom is 0.266 e. The molecule has 1 saturated carbocycles. The molecule has 1 amide bonds. The van der Waals surface area contributed by atoms with Gasteiger partial charge in [0, 0.05) is 18.7 Å². The Morgan fingerprint density at radius 1 is 1.42 bits per heavy atom. The molecular formula is C18H23N3O3. The summed E-state index contributed by atoms with van der Waals surface area (Å²) in [7, 11) is 0. The van der Waals surface area contributed by atoms with Crippen molar-refractivity contribution >= 4 is 5.91 Å². The van der Waals surface area contributed by atoms with Crippen LogP contribution in [0.3, 0.4) is 0 Å². The summed E-state index contributed by atoms with van der Waals surface area (Å²) < 4.78 is 5.76. The van der Waals surface area contributed by atoms with Gasteiger partial charge in [0.05, 0.1) is 18.8 Å². The van der Waals surface area contributed by atoms with Crippen molar-refractivity contribution in [2.45, 2.75) is 58.1 Å².